The van der Waals surface area contributed by atoms with Crippen LogP contribution < -0.4 is 5.32 Å². The molecule has 0 rings (SSSR count). The van der Waals surface area contributed by atoms with Crippen molar-refractivity contribution in [1.29, 1.82) is 0 Å². The summed E-state index contributed by atoms with van der Waals surface area (Å²) in [6.07, 6.45) is 0.419. The minimum absolute atomic E-state index is 0.102. The van der Waals surface area contributed by atoms with Crippen molar-refractivity contribution in [3.05, 3.63) is 12.2 Å². The fourth-order valence-electron chi connectivity index (χ4n) is 1.27. The Morgan fingerprint density at radius 1 is 1.41 bits per heavy atom. The molecule has 0 heterocycles. The molecule has 0 amide bonds. The molecule has 102 valence electrons. The van der Waals surface area contributed by atoms with Crippen LogP contribution in [0.1, 0.15) is 26.7 Å². The molecular weight excluding hydrogens is 222 g/mol. The van der Waals surface area contributed by atoms with Crippen LogP contribution in [-0.4, -0.2) is 53.5 Å². The van der Waals surface area contributed by atoms with E-state index in [0.717, 1.165) is 0 Å². The summed E-state index contributed by atoms with van der Waals surface area (Å²) in [4.78, 5) is 0. The zero-order valence-corrected chi connectivity index (χ0v) is 10.8. The zero-order valence-electron chi connectivity index (χ0n) is 10.8. The first-order valence-corrected chi connectivity index (χ1v) is 5.93. The molecule has 0 fully saturated rings. The molecule has 4 N–H and O–H groups in total. The molecule has 0 aliphatic rings. The Balaban J connectivity index is 3.73. The average Bonchev–Trinajstić information content (AvgIpc) is 2.34. The van der Waals surface area contributed by atoms with Gasteiger partial charge in [-0.15, -0.1) is 0 Å². The highest BCUT2D eigenvalue weighted by atomic mass is 16.6. The summed E-state index contributed by atoms with van der Waals surface area (Å²) < 4.78 is 5.11. The summed E-state index contributed by atoms with van der Waals surface area (Å²) in [6.45, 7) is 7.98. The molecule has 0 aliphatic carbocycles. The highest BCUT2D eigenvalue weighted by Crippen LogP contribution is 2.08. The molecule has 1 unspecified atom stereocenters. The van der Waals surface area contributed by atoms with Crippen molar-refractivity contribution in [3.63, 3.8) is 0 Å². The second-order valence-electron chi connectivity index (χ2n) is 4.30. The first kappa shape index (κ1) is 16.5. The zero-order chi connectivity index (χ0) is 13.3. The summed E-state index contributed by atoms with van der Waals surface area (Å²) in [7, 11) is 0. The lowest BCUT2D eigenvalue weighted by Gasteiger charge is -2.29. The van der Waals surface area contributed by atoms with Gasteiger partial charge in [0.15, 0.2) is 6.29 Å². The van der Waals surface area contributed by atoms with Crippen molar-refractivity contribution in [2.45, 2.75) is 38.5 Å². The van der Waals surface area contributed by atoms with Gasteiger partial charge < -0.3 is 25.4 Å². The highest BCUT2D eigenvalue weighted by Gasteiger charge is 2.25. The molecule has 0 saturated carbocycles. The number of aliphatic hydroxyl groups is 3. The molecule has 0 bridgehead atoms. The van der Waals surface area contributed by atoms with Crippen LogP contribution in [0.5, 0.6) is 0 Å². The standard InChI is InChI=1S/C12H25NO4/c1-4-12(8-14,9-15)13-6-5-7-17-11(16)10(2)3/h11,13-16H,2,4-9H2,1,3H3. The maximum absolute atomic E-state index is 9.30. The molecule has 0 aromatic heterocycles. The van der Waals surface area contributed by atoms with Gasteiger partial charge in [0.05, 0.1) is 25.4 Å². The van der Waals surface area contributed by atoms with Crippen LogP contribution in [0.4, 0.5) is 0 Å². The SMILES string of the molecule is C=C(C)C(O)OCCCNC(CC)(CO)CO. The Labute approximate surface area is 103 Å². The molecule has 17 heavy (non-hydrogen) atoms. The molecule has 5 heteroatoms. The molecule has 0 aliphatic heterocycles. The van der Waals surface area contributed by atoms with Crippen molar-refractivity contribution >= 4 is 0 Å². The van der Waals surface area contributed by atoms with Gasteiger partial charge in [0.2, 0.25) is 0 Å². The predicted molar refractivity (Wildman–Crippen MR) is 66.6 cm³/mol. The highest BCUT2D eigenvalue weighted by molar-refractivity contribution is 4.91. The molecule has 5 nitrogen and oxygen atoms in total. The number of nitrogens with one attached hydrogen (secondary N) is 1. The van der Waals surface area contributed by atoms with E-state index in [9.17, 15) is 15.3 Å². The van der Waals surface area contributed by atoms with E-state index >= 15 is 0 Å². The monoisotopic (exact) mass is 247 g/mol. The lowest BCUT2D eigenvalue weighted by molar-refractivity contribution is -0.0727. The smallest absolute Gasteiger partial charge is 0.176 e. The molecule has 0 aromatic carbocycles. The van der Waals surface area contributed by atoms with Crippen LogP contribution in [0.3, 0.4) is 0 Å². The molecular formula is C12H25NO4. The van der Waals surface area contributed by atoms with Gasteiger partial charge in [-0.3, -0.25) is 0 Å². The lowest BCUT2D eigenvalue weighted by Crippen LogP contribution is -2.51. The van der Waals surface area contributed by atoms with Gasteiger partial charge in [0.1, 0.15) is 0 Å². The number of hydrogen-bond donors (Lipinski definition) is 4. The first-order chi connectivity index (χ1) is 8.01. The maximum Gasteiger partial charge on any atom is 0.176 e. The Morgan fingerprint density at radius 2 is 2.00 bits per heavy atom. The minimum Gasteiger partial charge on any atom is -0.394 e. The third-order valence-corrected chi connectivity index (χ3v) is 2.80. The van der Waals surface area contributed by atoms with E-state index in [2.05, 4.69) is 11.9 Å². The first-order valence-electron chi connectivity index (χ1n) is 5.93. The van der Waals surface area contributed by atoms with E-state index < -0.39 is 11.8 Å². The van der Waals surface area contributed by atoms with Crippen molar-refractivity contribution in [2.24, 2.45) is 0 Å². The lowest BCUT2D eigenvalue weighted by atomic mass is 9.98. The third kappa shape index (κ3) is 6.14. The number of aliphatic hydroxyl groups excluding tert-OH is 3. The predicted octanol–water partition coefficient (Wildman–Crippen LogP) is 0.0106. The minimum atomic E-state index is -0.915. The Kier molecular flexibility index (Phi) is 8.37. The van der Waals surface area contributed by atoms with E-state index in [1.165, 1.54) is 0 Å². The topological polar surface area (TPSA) is 82.0 Å². The van der Waals surface area contributed by atoms with Crippen LogP contribution in [0.15, 0.2) is 12.2 Å². The Bertz CT molecular complexity index is 208. The van der Waals surface area contributed by atoms with Gasteiger partial charge in [-0.05, 0) is 31.9 Å². The molecule has 1 atom stereocenters. The van der Waals surface area contributed by atoms with Gasteiger partial charge >= 0.3 is 0 Å². The number of rotatable bonds is 10. The molecule has 0 spiro atoms. The maximum atomic E-state index is 9.30. The van der Waals surface area contributed by atoms with Crippen LogP contribution in [-0.2, 0) is 4.74 Å². The van der Waals surface area contributed by atoms with Gasteiger partial charge in [0, 0.05) is 0 Å². The second kappa shape index (κ2) is 8.60. The normalized spacial score (nSPS) is 13.7. The summed E-state index contributed by atoms with van der Waals surface area (Å²) in [5, 5.41) is 30.8. The molecule has 0 aromatic rings. The van der Waals surface area contributed by atoms with Crippen molar-refractivity contribution < 1.29 is 20.1 Å². The van der Waals surface area contributed by atoms with Crippen LogP contribution >= 0.6 is 0 Å². The molecule has 0 saturated heterocycles. The van der Waals surface area contributed by atoms with Gasteiger partial charge in [-0.25, -0.2) is 0 Å². The number of hydrogen-bond acceptors (Lipinski definition) is 5. The third-order valence-electron chi connectivity index (χ3n) is 2.80. The van der Waals surface area contributed by atoms with Gasteiger partial charge in [-0.2, -0.15) is 0 Å². The Morgan fingerprint density at radius 3 is 2.41 bits per heavy atom. The second-order valence-corrected chi connectivity index (χ2v) is 4.30. The average molecular weight is 247 g/mol. The van der Waals surface area contributed by atoms with Crippen molar-refractivity contribution in [2.75, 3.05) is 26.4 Å². The summed E-state index contributed by atoms with van der Waals surface area (Å²) >= 11 is 0. The van der Waals surface area contributed by atoms with E-state index in [1.54, 1.807) is 6.92 Å². The largest absolute Gasteiger partial charge is 0.394 e. The fraction of sp³-hybridized carbons (Fsp3) is 0.833. The van der Waals surface area contributed by atoms with Crippen molar-refractivity contribution in [3.8, 4) is 0 Å². The number of ether oxygens (including phenoxy) is 1. The van der Waals surface area contributed by atoms with E-state index in [-0.39, 0.29) is 13.2 Å². The summed E-state index contributed by atoms with van der Waals surface area (Å²) in [5.41, 5.74) is -0.0425. The van der Waals surface area contributed by atoms with Gasteiger partial charge in [-0.1, -0.05) is 13.5 Å². The van der Waals surface area contributed by atoms with Crippen LogP contribution in [0.25, 0.3) is 0 Å². The van der Waals surface area contributed by atoms with E-state index in [1.807, 2.05) is 6.92 Å². The Hall–Kier alpha value is -0.460. The molecule has 0 radical (unpaired) electrons. The quantitative estimate of drug-likeness (QED) is 0.248. The summed E-state index contributed by atoms with van der Waals surface area (Å²) in [6, 6.07) is 0. The van der Waals surface area contributed by atoms with Crippen LogP contribution in [0.2, 0.25) is 0 Å². The summed E-state index contributed by atoms with van der Waals surface area (Å²) in [5.74, 6) is 0. The van der Waals surface area contributed by atoms with Crippen molar-refractivity contribution in [1.82, 2.24) is 5.32 Å². The van der Waals surface area contributed by atoms with E-state index in [4.69, 9.17) is 4.74 Å². The van der Waals surface area contributed by atoms with E-state index in [0.29, 0.717) is 31.6 Å². The fourth-order valence-corrected chi connectivity index (χ4v) is 1.27. The van der Waals surface area contributed by atoms with Crippen LogP contribution in [0, 0.1) is 0 Å². The van der Waals surface area contributed by atoms with Gasteiger partial charge in [0.25, 0.3) is 0 Å².